The molecule has 0 saturated heterocycles. The predicted octanol–water partition coefficient (Wildman–Crippen LogP) is 6.49. The smallest absolute Gasteiger partial charge is 0.488 e. The largest absolute Gasteiger partial charge is 0.573 e. The van der Waals surface area contributed by atoms with Crippen LogP contribution in [0, 0.1) is 0 Å². The van der Waals surface area contributed by atoms with E-state index in [1.165, 1.54) is 34.4 Å². The predicted molar refractivity (Wildman–Crippen MR) is 111 cm³/mol. The molecule has 4 rings (SSSR count). The van der Waals surface area contributed by atoms with Gasteiger partial charge in [0, 0.05) is 15.3 Å². The van der Waals surface area contributed by atoms with E-state index < -0.39 is 18.5 Å². The van der Waals surface area contributed by atoms with Gasteiger partial charge in [0.1, 0.15) is 18.4 Å². The van der Waals surface area contributed by atoms with E-state index in [1.54, 1.807) is 24.3 Å². The van der Waals surface area contributed by atoms with Gasteiger partial charge >= 0.3 is 12.5 Å². The lowest BCUT2D eigenvalue weighted by molar-refractivity contribution is -0.274. The van der Waals surface area contributed by atoms with Gasteiger partial charge in [0.05, 0.1) is 5.69 Å². The minimum Gasteiger partial charge on any atom is -0.488 e. The van der Waals surface area contributed by atoms with Crippen LogP contribution in [0.1, 0.15) is 22.7 Å². The Bertz CT molecular complexity index is 1110. The molecule has 1 unspecified atom stereocenters. The van der Waals surface area contributed by atoms with Crippen molar-refractivity contribution in [3.63, 3.8) is 0 Å². The minimum atomic E-state index is -4.81. The van der Waals surface area contributed by atoms with Crippen molar-refractivity contribution in [3.8, 4) is 22.6 Å². The summed E-state index contributed by atoms with van der Waals surface area (Å²) in [6, 6.07) is 13.8. The van der Waals surface area contributed by atoms with Crippen molar-refractivity contribution in [2.45, 2.75) is 25.7 Å². The van der Waals surface area contributed by atoms with Crippen molar-refractivity contribution in [3.05, 3.63) is 64.4 Å². The number of nitrogens with zero attached hydrogens (tertiary/aromatic N) is 1. The lowest BCUT2D eigenvalue weighted by Crippen LogP contribution is -2.40. The molecule has 3 aromatic rings. The second-order valence-corrected chi connectivity index (χ2v) is 8.07. The summed E-state index contributed by atoms with van der Waals surface area (Å²) < 4.78 is 47.8. The lowest BCUT2D eigenvalue weighted by atomic mass is 10.0. The van der Waals surface area contributed by atoms with Gasteiger partial charge in [-0.3, -0.25) is 4.90 Å². The van der Waals surface area contributed by atoms with Crippen LogP contribution < -0.4 is 14.4 Å². The first-order chi connectivity index (χ1) is 14.8. The number of alkyl halides is 3. The van der Waals surface area contributed by atoms with E-state index in [0.717, 1.165) is 16.2 Å². The first-order valence-electron chi connectivity index (χ1n) is 9.49. The van der Waals surface area contributed by atoms with Crippen LogP contribution >= 0.6 is 11.3 Å². The lowest BCUT2D eigenvalue weighted by Gasteiger charge is -2.35. The number of anilines is 1. The third-order valence-electron chi connectivity index (χ3n) is 4.90. The van der Waals surface area contributed by atoms with Gasteiger partial charge < -0.3 is 14.6 Å². The van der Waals surface area contributed by atoms with E-state index in [-0.39, 0.29) is 12.4 Å². The number of benzene rings is 2. The maximum atomic E-state index is 12.6. The van der Waals surface area contributed by atoms with Gasteiger partial charge in [-0.1, -0.05) is 31.2 Å². The van der Waals surface area contributed by atoms with E-state index in [9.17, 15) is 23.1 Å². The molecule has 9 heteroatoms. The molecule has 0 bridgehead atoms. The fourth-order valence-electron chi connectivity index (χ4n) is 3.57. The van der Waals surface area contributed by atoms with Gasteiger partial charge in [0.2, 0.25) is 0 Å². The van der Waals surface area contributed by atoms with Crippen LogP contribution in [-0.4, -0.2) is 24.2 Å². The van der Waals surface area contributed by atoms with Gasteiger partial charge in [-0.25, -0.2) is 4.79 Å². The Labute approximate surface area is 180 Å². The van der Waals surface area contributed by atoms with Crippen molar-refractivity contribution >= 4 is 23.1 Å². The minimum absolute atomic E-state index is 0.0960. The number of amides is 1. The summed E-state index contributed by atoms with van der Waals surface area (Å²) in [5.74, 6) is -0.0605. The highest BCUT2D eigenvalue weighted by molar-refractivity contribution is 7.12. The molecular formula is C22H18F3NO4S. The third kappa shape index (κ3) is 4.32. The molecule has 162 valence electrons. The Hall–Kier alpha value is -3.20. The van der Waals surface area contributed by atoms with E-state index in [1.807, 2.05) is 19.1 Å². The average Bonchev–Trinajstić information content (AvgIpc) is 3.20. The van der Waals surface area contributed by atoms with E-state index in [0.29, 0.717) is 22.6 Å². The van der Waals surface area contributed by atoms with E-state index >= 15 is 0 Å². The fourth-order valence-corrected chi connectivity index (χ4v) is 4.60. The molecule has 31 heavy (non-hydrogen) atoms. The van der Waals surface area contributed by atoms with Crippen molar-refractivity contribution in [2.24, 2.45) is 0 Å². The van der Waals surface area contributed by atoms with E-state index in [4.69, 9.17) is 4.74 Å². The zero-order valence-electron chi connectivity index (χ0n) is 16.3. The van der Waals surface area contributed by atoms with Crippen LogP contribution in [0.3, 0.4) is 0 Å². The third-order valence-corrected chi connectivity index (χ3v) is 6.23. The Kier molecular flexibility index (Phi) is 5.53. The summed E-state index contributed by atoms with van der Waals surface area (Å²) in [5.41, 5.74) is 1.25. The molecule has 0 aliphatic carbocycles. The first-order valence-corrected chi connectivity index (χ1v) is 10.3. The summed E-state index contributed by atoms with van der Waals surface area (Å²) in [4.78, 5) is 15.4. The number of aryl methyl sites for hydroxylation is 1. The normalized spacial score (nSPS) is 15.9. The monoisotopic (exact) mass is 449 g/mol. The highest BCUT2D eigenvalue weighted by Crippen LogP contribution is 2.46. The zero-order valence-corrected chi connectivity index (χ0v) is 17.2. The van der Waals surface area contributed by atoms with Crippen LogP contribution in [0.2, 0.25) is 0 Å². The number of fused-ring (bicyclic) bond motifs is 1. The number of thiophene rings is 1. The molecule has 0 radical (unpaired) electrons. The second-order valence-electron chi connectivity index (χ2n) is 6.87. The summed E-state index contributed by atoms with van der Waals surface area (Å²) >= 11 is 1.53. The number of halogens is 3. The standard InChI is InChI=1S/C22H18F3NO4S/c1-2-15-9-10-19(31-15)18-12-29-20-16(7-4-8-17(20)26(18)21(27)28)13-5-3-6-14(11-13)30-22(23,24)25/h3-11,18H,2,12H2,1H3,(H,27,28). The molecule has 2 heterocycles. The maximum absolute atomic E-state index is 12.6. The molecule has 1 atom stereocenters. The Morgan fingerprint density at radius 3 is 2.68 bits per heavy atom. The van der Waals surface area contributed by atoms with Crippen LogP contribution in [0.5, 0.6) is 11.5 Å². The number of ether oxygens (including phenoxy) is 2. The molecule has 1 aromatic heterocycles. The fraction of sp³-hybridized carbons (Fsp3) is 0.227. The Balaban J connectivity index is 1.75. The molecule has 1 aliphatic heterocycles. The molecule has 1 N–H and O–H groups in total. The molecule has 1 aliphatic rings. The Morgan fingerprint density at radius 1 is 1.23 bits per heavy atom. The Morgan fingerprint density at radius 2 is 2.00 bits per heavy atom. The summed E-state index contributed by atoms with van der Waals surface area (Å²) in [6.07, 6.45) is -5.09. The van der Waals surface area contributed by atoms with Crippen LogP contribution in [0.25, 0.3) is 11.1 Å². The molecule has 0 saturated carbocycles. The summed E-state index contributed by atoms with van der Waals surface area (Å²) in [6.45, 7) is 2.12. The van der Waals surface area contributed by atoms with Gasteiger partial charge in [-0.2, -0.15) is 0 Å². The number of carbonyl (C=O) groups is 1. The highest BCUT2D eigenvalue weighted by Gasteiger charge is 2.36. The SMILES string of the molecule is CCc1ccc(C2COc3c(-c4cccc(OC(F)(F)F)c4)cccc3N2C(=O)O)s1. The maximum Gasteiger partial charge on any atom is 0.573 e. The van der Waals surface area contributed by atoms with Crippen molar-refractivity contribution in [2.75, 3.05) is 11.5 Å². The molecule has 0 fully saturated rings. The van der Waals surface area contributed by atoms with Gasteiger partial charge in [0.25, 0.3) is 0 Å². The van der Waals surface area contributed by atoms with Gasteiger partial charge in [0.15, 0.2) is 5.75 Å². The molecule has 1 amide bonds. The van der Waals surface area contributed by atoms with Gasteiger partial charge in [-0.15, -0.1) is 24.5 Å². The van der Waals surface area contributed by atoms with E-state index in [2.05, 4.69) is 4.74 Å². The summed E-state index contributed by atoms with van der Waals surface area (Å²) in [7, 11) is 0. The number of hydrogen-bond donors (Lipinski definition) is 1. The molecule has 2 aromatic carbocycles. The second kappa shape index (κ2) is 8.14. The molecule has 0 spiro atoms. The molecular weight excluding hydrogens is 431 g/mol. The average molecular weight is 449 g/mol. The number of hydrogen-bond acceptors (Lipinski definition) is 4. The number of para-hydroxylation sites is 1. The van der Waals surface area contributed by atoms with Crippen LogP contribution in [-0.2, 0) is 6.42 Å². The summed E-state index contributed by atoms with van der Waals surface area (Å²) in [5, 5.41) is 9.94. The van der Waals surface area contributed by atoms with Crippen molar-refractivity contribution in [1.29, 1.82) is 0 Å². The van der Waals surface area contributed by atoms with Gasteiger partial charge in [-0.05, 0) is 42.3 Å². The molecule has 5 nitrogen and oxygen atoms in total. The number of rotatable bonds is 4. The van der Waals surface area contributed by atoms with Crippen LogP contribution in [0.4, 0.5) is 23.7 Å². The topological polar surface area (TPSA) is 59.0 Å². The quantitative estimate of drug-likeness (QED) is 0.494. The first kappa shape index (κ1) is 21.0. The van der Waals surface area contributed by atoms with Crippen molar-refractivity contribution in [1.82, 2.24) is 0 Å². The zero-order chi connectivity index (χ0) is 22.2. The number of carboxylic acid groups (broad SMARTS) is 1. The van der Waals surface area contributed by atoms with Crippen LogP contribution in [0.15, 0.2) is 54.6 Å². The highest BCUT2D eigenvalue weighted by atomic mass is 32.1. The van der Waals surface area contributed by atoms with Crippen molar-refractivity contribution < 1.29 is 32.5 Å².